The zero-order valence-corrected chi connectivity index (χ0v) is 41.8. The topological polar surface area (TPSA) is 192 Å². The average molecular weight is 1000 g/mol. The Kier molecular flexibility index (Phi) is 13.1. The Balaban J connectivity index is 0.681. The summed E-state index contributed by atoms with van der Waals surface area (Å²) in [4.78, 5) is 80.3. The maximum atomic E-state index is 13.7. The average Bonchev–Trinajstić information content (AvgIpc) is 3.98. The van der Waals surface area contributed by atoms with Crippen molar-refractivity contribution in [2.45, 2.75) is 83.3 Å². The number of carbonyl (C=O) groups is 5. The highest BCUT2D eigenvalue weighted by molar-refractivity contribution is 7.22. The molecule has 3 N–H and O–H groups in total. The number of anilines is 3. The molecule has 3 aliphatic heterocycles. The van der Waals surface area contributed by atoms with Crippen molar-refractivity contribution in [3.63, 3.8) is 0 Å². The third-order valence-electron chi connectivity index (χ3n) is 15.3. The molecule has 3 fully saturated rings. The fourth-order valence-corrected chi connectivity index (χ4v) is 12.2. The number of benzene rings is 4. The number of hydrogen-bond acceptors (Lipinski definition) is 12. The molecule has 4 amide bonds. The van der Waals surface area contributed by atoms with Crippen LogP contribution in [-0.2, 0) is 34.4 Å². The van der Waals surface area contributed by atoms with Gasteiger partial charge in [0, 0.05) is 75.7 Å². The molecule has 1 atom stereocenters. The number of pyridine rings is 1. The van der Waals surface area contributed by atoms with E-state index in [1.54, 1.807) is 0 Å². The number of thiazole rings is 1. The van der Waals surface area contributed by atoms with E-state index >= 15 is 0 Å². The lowest BCUT2D eigenvalue weighted by molar-refractivity contribution is -0.134. The van der Waals surface area contributed by atoms with E-state index in [1.807, 2.05) is 113 Å². The van der Waals surface area contributed by atoms with Crippen LogP contribution in [0.25, 0.3) is 32.2 Å². The van der Waals surface area contributed by atoms with Crippen LogP contribution in [-0.4, -0.2) is 98.2 Å². The van der Waals surface area contributed by atoms with Crippen LogP contribution in [0.3, 0.4) is 0 Å². The van der Waals surface area contributed by atoms with Crippen LogP contribution in [0, 0.1) is 12.8 Å². The first-order valence-electron chi connectivity index (χ1n) is 25.3. The molecule has 7 aromatic rings. The van der Waals surface area contributed by atoms with Crippen molar-refractivity contribution in [3.05, 3.63) is 125 Å². The summed E-state index contributed by atoms with van der Waals surface area (Å²) < 4.78 is 9.47. The molecule has 4 aromatic carbocycles. The summed E-state index contributed by atoms with van der Waals surface area (Å²) in [5, 5.41) is 22.2. The Labute approximate surface area is 426 Å². The Morgan fingerprint density at radius 1 is 0.822 bits per heavy atom. The molecule has 0 bridgehead atoms. The summed E-state index contributed by atoms with van der Waals surface area (Å²) in [6, 6.07) is 29.0. The van der Waals surface area contributed by atoms with Gasteiger partial charge in [0.15, 0.2) is 10.8 Å². The number of carboxylic acids is 1. The van der Waals surface area contributed by atoms with E-state index < -0.39 is 11.9 Å². The number of fused-ring (bicyclic) bond motifs is 3. The summed E-state index contributed by atoms with van der Waals surface area (Å²) in [6.45, 7) is 5.61. The van der Waals surface area contributed by atoms with Crippen molar-refractivity contribution in [2.24, 2.45) is 13.0 Å². The number of piperazine rings is 1. The van der Waals surface area contributed by atoms with Gasteiger partial charge < -0.3 is 24.5 Å². The minimum absolute atomic E-state index is 0.00700. The number of aromatic nitrogens is 4. The summed E-state index contributed by atoms with van der Waals surface area (Å²) in [5.41, 5.74) is 8.05. The van der Waals surface area contributed by atoms with Gasteiger partial charge in [0.05, 0.1) is 39.1 Å². The number of ether oxygens (including phenoxy) is 1. The normalized spacial score (nSPS) is 19.2. The molecule has 16 nitrogen and oxygen atoms in total. The summed E-state index contributed by atoms with van der Waals surface area (Å²) in [5.74, 6) is -0.520. The summed E-state index contributed by atoms with van der Waals surface area (Å²) >= 11 is 1.43. The fraction of sp³-hybridized carbons (Fsp3) is 0.357. The molecule has 0 radical (unpaired) electrons. The number of imide groups is 1. The molecular formula is C56H57N9O7S. The van der Waals surface area contributed by atoms with Crippen molar-refractivity contribution in [2.75, 3.05) is 47.8 Å². The van der Waals surface area contributed by atoms with Crippen molar-refractivity contribution >= 4 is 78.7 Å². The Hall–Kier alpha value is -7.66. The first kappa shape index (κ1) is 47.7. The van der Waals surface area contributed by atoms with E-state index in [0.717, 1.165) is 81.2 Å². The van der Waals surface area contributed by atoms with E-state index in [2.05, 4.69) is 26.6 Å². The van der Waals surface area contributed by atoms with Gasteiger partial charge in [-0.1, -0.05) is 59.9 Å². The van der Waals surface area contributed by atoms with Gasteiger partial charge in [0.25, 0.3) is 5.91 Å². The molecule has 17 heteroatoms. The van der Waals surface area contributed by atoms with Gasteiger partial charge in [-0.2, -0.15) is 5.10 Å². The molecule has 3 aromatic heterocycles. The lowest BCUT2D eigenvalue weighted by Gasteiger charge is -2.37. The molecule has 0 spiro atoms. The maximum absolute atomic E-state index is 13.7. The zero-order valence-electron chi connectivity index (χ0n) is 40.9. The number of hydrogen-bond donors (Lipinski definition) is 3. The van der Waals surface area contributed by atoms with Crippen LogP contribution in [0.1, 0.15) is 101 Å². The Bertz CT molecular complexity index is 3280. The van der Waals surface area contributed by atoms with Crippen LogP contribution >= 0.6 is 11.3 Å². The number of nitrogens with zero attached hydrogens (tertiary/aromatic N) is 7. The van der Waals surface area contributed by atoms with Crippen molar-refractivity contribution in [1.29, 1.82) is 0 Å². The van der Waals surface area contributed by atoms with E-state index in [-0.39, 0.29) is 35.4 Å². The van der Waals surface area contributed by atoms with Crippen LogP contribution in [0.15, 0.2) is 91.0 Å². The molecule has 1 aliphatic carbocycles. The second kappa shape index (κ2) is 20.1. The number of amides is 4. The standard InChI is InChI=1S/C56H57N9O7S/c1-33-37(38-21-23-47(58-51(38)55(70)71)65-27-26-35-8-5-10-39(42(35)32-65)53(68)60-56-57-43-12-3-4-15-46(43)73-56)9-7-14-45(33)72-36-19-16-34(17-20-36)18-25-49(67)64-30-28-63(29-31-64)44-13-6-11-40-50(61-62(2)52(40)44)41-22-24-48(66)59-54(41)69/h3-15,21,23,34,36,41H,16-20,22,24-32H2,1-2H3,(H,70,71)(H,57,60,68)(H,59,66,69)/t34-,36+,41?. The number of aryl methyl sites for hydroxylation is 1. The van der Waals surface area contributed by atoms with E-state index in [4.69, 9.17) is 14.8 Å². The quantitative estimate of drug-likeness (QED) is 0.0989. The number of aromatic carboxylic acids is 1. The SMILES string of the molecule is Cc1c(O[C@H]2CC[C@@H](CCC(=O)N3CCN(c4cccc5c(C6CCC(=O)NC6=O)nn(C)c45)CC3)CC2)cccc1-c1ccc(N2CCc3cccc(C(=O)Nc4nc5ccccc5s4)c3C2)nc1C(=O)O. The second-order valence-corrected chi connectivity index (χ2v) is 20.7. The van der Waals surface area contributed by atoms with Crippen LogP contribution in [0.5, 0.6) is 5.75 Å². The van der Waals surface area contributed by atoms with Crippen LogP contribution in [0.4, 0.5) is 16.6 Å². The second-order valence-electron chi connectivity index (χ2n) is 19.7. The highest BCUT2D eigenvalue weighted by Gasteiger charge is 2.34. The maximum Gasteiger partial charge on any atom is 0.355 e. The first-order chi connectivity index (χ1) is 35.4. The van der Waals surface area contributed by atoms with Crippen LogP contribution in [0.2, 0.25) is 0 Å². The smallest absolute Gasteiger partial charge is 0.355 e. The number of carbonyl (C=O) groups excluding carboxylic acids is 4. The molecule has 1 unspecified atom stereocenters. The third-order valence-corrected chi connectivity index (χ3v) is 16.2. The van der Waals surface area contributed by atoms with Crippen LogP contribution < -0.4 is 25.2 Å². The number of para-hydroxylation sites is 2. The lowest BCUT2D eigenvalue weighted by atomic mass is 9.84. The molecule has 1 saturated carbocycles. The Morgan fingerprint density at radius 2 is 1.62 bits per heavy atom. The van der Waals surface area contributed by atoms with E-state index in [1.165, 1.54) is 11.3 Å². The van der Waals surface area contributed by atoms with Gasteiger partial charge >= 0.3 is 5.97 Å². The number of nitrogens with one attached hydrogen (secondary N) is 2. The van der Waals surface area contributed by atoms with Gasteiger partial charge in [-0.25, -0.2) is 14.8 Å². The largest absolute Gasteiger partial charge is 0.490 e. The number of rotatable bonds is 12. The Morgan fingerprint density at radius 3 is 2.41 bits per heavy atom. The minimum Gasteiger partial charge on any atom is -0.490 e. The predicted molar refractivity (Wildman–Crippen MR) is 280 cm³/mol. The third kappa shape index (κ3) is 9.61. The summed E-state index contributed by atoms with van der Waals surface area (Å²) in [7, 11) is 1.89. The molecule has 11 rings (SSSR count). The number of piperidine rings is 1. The van der Waals surface area contributed by atoms with Gasteiger partial charge in [-0.05, 0) is 123 Å². The monoisotopic (exact) mass is 999 g/mol. The molecule has 374 valence electrons. The van der Waals surface area contributed by atoms with Crippen molar-refractivity contribution in [3.8, 4) is 16.9 Å². The number of carboxylic acid groups (broad SMARTS) is 1. The zero-order chi connectivity index (χ0) is 50.3. The highest BCUT2D eigenvalue weighted by atomic mass is 32.1. The minimum atomic E-state index is -1.13. The van der Waals surface area contributed by atoms with E-state index in [9.17, 15) is 29.1 Å². The van der Waals surface area contributed by atoms with Crippen molar-refractivity contribution in [1.82, 2.24) is 30.0 Å². The molecule has 73 heavy (non-hydrogen) atoms. The van der Waals surface area contributed by atoms with Gasteiger partial charge in [-0.3, -0.25) is 34.5 Å². The van der Waals surface area contributed by atoms with E-state index in [0.29, 0.717) is 104 Å². The van der Waals surface area contributed by atoms with Crippen molar-refractivity contribution < 1.29 is 33.8 Å². The molecular weight excluding hydrogens is 943 g/mol. The first-order valence-corrected chi connectivity index (χ1v) is 26.1. The predicted octanol–water partition coefficient (Wildman–Crippen LogP) is 8.65. The lowest BCUT2D eigenvalue weighted by Crippen LogP contribution is -2.49. The highest BCUT2D eigenvalue weighted by Crippen LogP contribution is 2.39. The molecule has 2 saturated heterocycles. The van der Waals surface area contributed by atoms with Gasteiger partial charge in [-0.15, -0.1) is 0 Å². The van der Waals surface area contributed by atoms with Gasteiger partial charge in [0.1, 0.15) is 11.6 Å². The summed E-state index contributed by atoms with van der Waals surface area (Å²) in [6.07, 6.45) is 6.43. The van der Waals surface area contributed by atoms with Gasteiger partial charge in [0.2, 0.25) is 17.7 Å². The fourth-order valence-electron chi connectivity index (χ4n) is 11.3. The molecule has 6 heterocycles. The molecule has 4 aliphatic rings.